The Morgan fingerprint density at radius 1 is 0.871 bits per heavy atom. The summed E-state index contributed by atoms with van der Waals surface area (Å²) >= 11 is 0. The predicted octanol–water partition coefficient (Wildman–Crippen LogP) is 8.52. The van der Waals surface area contributed by atoms with Crippen molar-refractivity contribution in [3.63, 3.8) is 0 Å². The van der Waals surface area contributed by atoms with Crippen LogP contribution in [0.2, 0.25) is 36.3 Å². The second kappa shape index (κ2) is 9.04. The number of rotatable bonds is 7. The summed E-state index contributed by atoms with van der Waals surface area (Å²) in [5.74, 6) is 3.26. The summed E-state index contributed by atoms with van der Waals surface area (Å²) in [4.78, 5) is 0. The summed E-state index contributed by atoms with van der Waals surface area (Å²) in [7, 11) is -3.46. The highest BCUT2D eigenvalue weighted by atomic mass is 28.4. The summed E-state index contributed by atoms with van der Waals surface area (Å²) < 4.78 is 13.6. The first-order chi connectivity index (χ1) is 13.8. The van der Waals surface area contributed by atoms with Crippen molar-refractivity contribution in [1.29, 1.82) is 0 Å². The van der Waals surface area contributed by atoms with Crippen LogP contribution in [0.1, 0.15) is 75.2 Å². The molecule has 1 saturated carbocycles. The molecule has 182 valence electrons. The van der Waals surface area contributed by atoms with Gasteiger partial charge in [-0.25, -0.2) is 0 Å². The van der Waals surface area contributed by atoms with Crippen molar-refractivity contribution in [1.82, 2.24) is 0 Å². The molecule has 0 amide bonds. The summed E-state index contributed by atoms with van der Waals surface area (Å²) in [6.07, 6.45) is 7.77. The van der Waals surface area contributed by atoms with E-state index < -0.39 is 16.6 Å². The largest absolute Gasteiger partial charge is 0.417 e. The highest BCUT2D eigenvalue weighted by Gasteiger charge is 2.53. The van der Waals surface area contributed by atoms with E-state index in [9.17, 15) is 0 Å². The third kappa shape index (κ3) is 5.61. The Labute approximate surface area is 197 Å². The fourth-order valence-electron chi connectivity index (χ4n) is 5.22. The van der Waals surface area contributed by atoms with E-state index in [4.69, 9.17) is 8.85 Å². The topological polar surface area (TPSA) is 18.5 Å². The first kappa shape index (κ1) is 27.3. The molecule has 0 heterocycles. The van der Waals surface area contributed by atoms with E-state index in [-0.39, 0.29) is 15.5 Å². The van der Waals surface area contributed by atoms with Gasteiger partial charge in [0, 0.05) is 13.2 Å². The molecular formula is C27H54O2Si2. The molecule has 0 aliphatic heterocycles. The molecule has 0 aromatic carbocycles. The normalized spacial score (nSPS) is 32.6. The van der Waals surface area contributed by atoms with E-state index in [1.54, 1.807) is 0 Å². The summed E-state index contributed by atoms with van der Waals surface area (Å²) in [5.41, 5.74) is 0.245. The fourth-order valence-corrected chi connectivity index (χ4v) is 7.32. The Balaban J connectivity index is 2.22. The van der Waals surface area contributed by atoms with Crippen LogP contribution < -0.4 is 0 Å². The SMILES string of the molecule is CC(C)[C@H]1C=C[C@]2(C)[C@@H](CO[Si](C)(C)C(C)(C)C)CC[C@@H]2[C@@H]1CO[Si](C)(C)C(C)(C)C. The minimum absolute atomic E-state index is 0.245. The van der Waals surface area contributed by atoms with Gasteiger partial charge in [-0.1, -0.05) is 74.5 Å². The first-order valence-corrected chi connectivity index (χ1v) is 18.6. The van der Waals surface area contributed by atoms with Crippen molar-refractivity contribution in [2.45, 2.75) is 111 Å². The smallest absolute Gasteiger partial charge is 0.191 e. The molecule has 5 atom stereocenters. The first-order valence-electron chi connectivity index (χ1n) is 12.8. The Kier molecular flexibility index (Phi) is 7.97. The third-order valence-electron chi connectivity index (χ3n) is 9.86. The Morgan fingerprint density at radius 3 is 1.81 bits per heavy atom. The zero-order valence-corrected chi connectivity index (χ0v) is 25.2. The molecule has 2 rings (SSSR count). The molecular weight excluding hydrogens is 412 g/mol. The van der Waals surface area contributed by atoms with E-state index in [1.165, 1.54) is 12.8 Å². The average molecular weight is 467 g/mol. The minimum atomic E-state index is -1.74. The fraction of sp³-hybridized carbons (Fsp3) is 0.926. The van der Waals surface area contributed by atoms with E-state index in [0.29, 0.717) is 29.6 Å². The minimum Gasteiger partial charge on any atom is -0.417 e. The lowest BCUT2D eigenvalue weighted by Gasteiger charge is -2.48. The average Bonchev–Trinajstić information content (AvgIpc) is 2.92. The van der Waals surface area contributed by atoms with Crippen LogP contribution in [-0.4, -0.2) is 29.8 Å². The van der Waals surface area contributed by atoms with Gasteiger partial charge in [-0.15, -0.1) is 0 Å². The predicted molar refractivity (Wildman–Crippen MR) is 142 cm³/mol. The van der Waals surface area contributed by atoms with E-state index >= 15 is 0 Å². The van der Waals surface area contributed by atoms with E-state index in [2.05, 4.69) is 101 Å². The van der Waals surface area contributed by atoms with Crippen molar-refractivity contribution < 1.29 is 8.85 Å². The van der Waals surface area contributed by atoms with Gasteiger partial charge < -0.3 is 8.85 Å². The third-order valence-corrected chi connectivity index (χ3v) is 18.9. The number of hydrogen-bond donors (Lipinski definition) is 0. The van der Waals surface area contributed by atoms with E-state index in [0.717, 1.165) is 13.2 Å². The molecule has 1 fully saturated rings. The molecule has 2 nitrogen and oxygen atoms in total. The van der Waals surface area contributed by atoms with Crippen LogP contribution in [-0.2, 0) is 8.85 Å². The van der Waals surface area contributed by atoms with Gasteiger partial charge >= 0.3 is 0 Å². The van der Waals surface area contributed by atoms with Crippen molar-refractivity contribution in [3.05, 3.63) is 12.2 Å². The monoisotopic (exact) mass is 466 g/mol. The van der Waals surface area contributed by atoms with E-state index in [1.807, 2.05) is 0 Å². The van der Waals surface area contributed by atoms with Crippen LogP contribution in [0.4, 0.5) is 0 Å². The molecule has 0 aromatic rings. The Hall–Kier alpha value is 0.0938. The van der Waals surface area contributed by atoms with Crippen LogP contribution in [0.3, 0.4) is 0 Å². The number of fused-ring (bicyclic) bond motifs is 1. The summed E-state index contributed by atoms with van der Waals surface area (Å²) in [6, 6.07) is 0. The van der Waals surface area contributed by atoms with Crippen LogP contribution in [0, 0.1) is 35.0 Å². The van der Waals surface area contributed by atoms with Gasteiger partial charge in [0.15, 0.2) is 16.6 Å². The van der Waals surface area contributed by atoms with Gasteiger partial charge in [-0.3, -0.25) is 0 Å². The molecule has 4 heteroatoms. The molecule has 2 aliphatic carbocycles. The Morgan fingerprint density at radius 2 is 1.35 bits per heavy atom. The highest BCUT2D eigenvalue weighted by Crippen LogP contribution is 2.57. The quantitative estimate of drug-likeness (QED) is 0.276. The lowest BCUT2D eigenvalue weighted by Crippen LogP contribution is -2.47. The molecule has 0 spiro atoms. The lowest BCUT2D eigenvalue weighted by atomic mass is 9.60. The molecule has 0 radical (unpaired) electrons. The van der Waals surface area contributed by atoms with Crippen molar-refractivity contribution in [2.75, 3.05) is 13.2 Å². The van der Waals surface area contributed by atoms with Gasteiger partial charge in [0.2, 0.25) is 0 Å². The second-order valence-corrected chi connectivity index (χ2v) is 23.9. The molecule has 0 N–H and O–H groups in total. The van der Waals surface area contributed by atoms with Gasteiger partial charge in [-0.05, 0) is 84.1 Å². The molecule has 0 saturated heterocycles. The van der Waals surface area contributed by atoms with Gasteiger partial charge in [0.05, 0.1) is 0 Å². The lowest BCUT2D eigenvalue weighted by molar-refractivity contribution is 0.0436. The molecule has 0 unspecified atom stereocenters. The maximum Gasteiger partial charge on any atom is 0.191 e. The van der Waals surface area contributed by atoms with Crippen molar-refractivity contribution in [2.24, 2.45) is 35.0 Å². The standard InChI is InChI=1S/C27H54O2Si2/c1-20(2)22-16-17-27(9)21(18-28-30(10,11)25(3,4)5)14-15-24(27)23(22)19-29-31(12,13)26(6,7)8/h16-17,20-24H,14-15,18-19H2,1-13H3/t21-,22-,23-,24-,27-/m1/s1. The van der Waals surface area contributed by atoms with Crippen molar-refractivity contribution >= 4 is 16.6 Å². The van der Waals surface area contributed by atoms with Gasteiger partial charge in [0.1, 0.15) is 0 Å². The van der Waals surface area contributed by atoms with Crippen LogP contribution in [0.25, 0.3) is 0 Å². The highest BCUT2D eigenvalue weighted by molar-refractivity contribution is 6.74. The summed E-state index contributed by atoms with van der Waals surface area (Å²) in [5, 5.41) is 0.542. The maximum atomic E-state index is 6.84. The van der Waals surface area contributed by atoms with Crippen LogP contribution in [0.15, 0.2) is 12.2 Å². The van der Waals surface area contributed by atoms with Gasteiger partial charge in [0.25, 0.3) is 0 Å². The van der Waals surface area contributed by atoms with Gasteiger partial charge in [-0.2, -0.15) is 0 Å². The number of hydrogen-bond acceptors (Lipinski definition) is 2. The molecule has 2 aliphatic rings. The van der Waals surface area contributed by atoms with Crippen molar-refractivity contribution in [3.8, 4) is 0 Å². The zero-order valence-electron chi connectivity index (χ0n) is 23.2. The van der Waals surface area contributed by atoms with Crippen LogP contribution in [0.5, 0.6) is 0 Å². The maximum absolute atomic E-state index is 6.84. The molecule has 31 heavy (non-hydrogen) atoms. The second-order valence-electron chi connectivity index (χ2n) is 14.2. The Bertz CT molecular complexity index is 639. The number of allylic oxidation sites excluding steroid dienone is 2. The zero-order chi connectivity index (χ0) is 24.0. The molecule has 0 bridgehead atoms. The molecule has 0 aromatic heterocycles. The summed E-state index contributed by atoms with van der Waals surface area (Å²) in [6.45, 7) is 32.9. The van der Waals surface area contributed by atoms with Crippen LogP contribution >= 0.6 is 0 Å².